The molecule has 1 fully saturated rings. The topological polar surface area (TPSA) is 79.3 Å². The number of nitrogens with one attached hydrogen (secondary N) is 2. The summed E-state index contributed by atoms with van der Waals surface area (Å²) in [5.41, 5.74) is 7.61. The van der Waals surface area contributed by atoms with Crippen molar-refractivity contribution in [1.82, 2.24) is 14.9 Å². The Kier molecular flexibility index (Phi) is 6.79. The van der Waals surface area contributed by atoms with Crippen LogP contribution in [0, 0.1) is 20.8 Å². The molecular weight excluding hydrogens is 551 g/mol. The lowest BCUT2D eigenvalue weighted by molar-refractivity contribution is 0.565. The van der Waals surface area contributed by atoms with Gasteiger partial charge in [0.1, 0.15) is 0 Å². The quantitative estimate of drug-likeness (QED) is 0.223. The largest absolute Gasteiger partial charge is 0.351 e. The minimum absolute atomic E-state index is 0.194. The monoisotopic (exact) mass is 581 g/mol. The van der Waals surface area contributed by atoms with E-state index in [1.807, 2.05) is 37.3 Å². The summed E-state index contributed by atoms with van der Waals surface area (Å²) in [7, 11) is -3.40. The van der Waals surface area contributed by atoms with Crippen LogP contribution in [0.3, 0.4) is 0 Å². The van der Waals surface area contributed by atoms with Gasteiger partial charge in [0.05, 0.1) is 35.4 Å². The lowest BCUT2D eigenvalue weighted by Gasteiger charge is -2.29. The number of fused-ring (bicyclic) bond motifs is 1. The average Bonchev–Trinajstić information content (AvgIpc) is 3.44. The number of benzene rings is 3. The summed E-state index contributed by atoms with van der Waals surface area (Å²) >= 11 is 5.95. The number of hydrogen-bond acceptors (Lipinski definition) is 4. The van der Waals surface area contributed by atoms with Gasteiger partial charge in [0.2, 0.25) is 10.0 Å². The lowest BCUT2D eigenvalue weighted by atomic mass is 9.96. The van der Waals surface area contributed by atoms with Crippen LogP contribution in [0.1, 0.15) is 40.3 Å². The maximum atomic E-state index is 11.9. The molecule has 2 N–H and O–H groups in total. The van der Waals surface area contributed by atoms with Crippen molar-refractivity contribution in [2.45, 2.75) is 32.9 Å². The van der Waals surface area contributed by atoms with E-state index in [0.717, 1.165) is 45.8 Å². The number of aromatic nitrogens is 2. The van der Waals surface area contributed by atoms with Crippen molar-refractivity contribution in [3.8, 4) is 5.69 Å². The van der Waals surface area contributed by atoms with Gasteiger partial charge in [-0.15, -0.1) is 0 Å². The van der Waals surface area contributed by atoms with Crippen molar-refractivity contribution >= 4 is 49.5 Å². The van der Waals surface area contributed by atoms with Crippen LogP contribution in [0.25, 0.3) is 16.5 Å². The molecule has 2 atom stereocenters. The van der Waals surface area contributed by atoms with Gasteiger partial charge < -0.3 is 14.8 Å². The fourth-order valence-electron chi connectivity index (χ4n) is 5.92. The smallest absolute Gasteiger partial charge is 0.229 e. The van der Waals surface area contributed by atoms with Gasteiger partial charge in [0, 0.05) is 28.7 Å². The molecule has 7 nitrogen and oxygen atoms in total. The fraction of sp³-hybridized carbons (Fsp3) is 0.188. The van der Waals surface area contributed by atoms with Crippen LogP contribution in [0.15, 0.2) is 91.1 Å². The summed E-state index contributed by atoms with van der Waals surface area (Å²) in [6, 6.07) is 28.3. The normalized spacial score (nSPS) is 17.2. The Morgan fingerprint density at radius 3 is 2.41 bits per heavy atom. The van der Waals surface area contributed by atoms with E-state index in [9.17, 15) is 8.42 Å². The highest BCUT2D eigenvalue weighted by Gasteiger charge is 2.42. The van der Waals surface area contributed by atoms with Crippen molar-refractivity contribution in [1.29, 1.82) is 0 Å². The summed E-state index contributed by atoms with van der Waals surface area (Å²) in [5.74, 6) is 0. The molecule has 0 aliphatic carbocycles. The van der Waals surface area contributed by atoms with E-state index >= 15 is 0 Å². The van der Waals surface area contributed by atoms with E-state index in [4.69, 9.17) is 17.2 Å². The number of aryl methyl sites for hydroxylation is 2. The molecule has 3 heterocycles. The van der Waals surface area contributed by atoms with Crippen LogP contribution in [0.2, 0.25) is 0 Å². The van der Waals surface area contributed by atoms with E-state index in [-0.39, 0.29) is 12.1 Å². The second-order valence-corrected chi connectivity index (χ2v) is 12.7. The number of thiocarbonyl (C=S) groups is 1. The molecule has 1 aliphatic rings. The van der Waals surface area contributed by atoms with E-state index in [1.165, 1.54) is 10.8 Å². The molecular formula is C32H31N5O2S2. The van der Waals surface area contributed by atoms with Gasteiger partial charge in [-0.25, -0.2) is 8.42 Å². The molecule has 0 saturated carbocycles. The number of nitrogens with zero attached hydrogens (tertiary/aromatic N) is 3. The van der Waals surface area contributed by atoms with Gasteiger partial charge in [0.15, 0.2) is 5.11 Å². The third-order valence-corrected chi connectivity index (χ3v) is 8.58. The number of rotatable bonds is 6. The zero-order chi connectivity index (χ0) is 28.9. The first kappa shape index (κ1) is 27.0. The molecule has 9 heteroatoms. The van der Waals surface area contributed by atoms with Crippen LogP contribution < -0.4 is 14.9 Å². The highest BCUT2D eigenvalue weighted by atomic mass is 32.2. The Morgan fingerprint density at radius 1 is 0.927 bits per heavy atom. The van der Waals surface area contributed by atoms with Crippen LogP contribution in [0.4, 0.5) is 11.4 Å². The zero-order valence-corrected chi connectivity index (χ0v) is 24.9. The SMILES string of the molecule is Cc1cc(N2C(=S)NC(c3ccccn3)C2c2cc(C)n(-c3cccc4ccccc34)c2C)ccc1NS(C)(=O)=O. The zero-order valence-electron chi connectivity index (χ0n) is 23.3. The lowest BCUT2D eigenvalue weighted by Crippen LogP contribution is -2.29. The Hall–Kier alpha value is -4.21. The molecule has 0 spiro atoms. The van der Waals surface area contributed by atoms with E-state index in [1.54, 1.807) is 12.3 Å². The van der Waals surface area contributed by atoms with Crippen molar-refractivity contribution < 1.29 is 8.42 Å². The molecule has 208 valence electrons. The first-order chi connectivity index (χ1) is 19.6. The minimum atomic E-state index is -3.40. The van der Waals surface area contributed by atoms with Gasteiger partial charge in [-0.1, -0.05) is 42.5 Å². The van der Waals surface area contributed by atoms with E-state index in [2.05, 4.69) is 81.9 Å². The third-order valence-electron chi connectivity index (χ3n) is 7.68. The maximum Gasteiger partial charge on any atom is 0.229 e. The average molecular weight is 582 g/mol. The Bertz CT molecular complexity index is 1900. The van der Waals surface area contributed by atoms with Gasteiger partial charge in [-0.05, 0) is 92.0 Å². The standard InChI is InChI=1S/C32H31N5O2S2/c1-20-18-24(15-16-27(20)35-41(4,38)39)37-31(30(34-32(37)40)28-13-7-8-17-33-28)26-19-21(2)36(22(26)3)29-14-9-11-23-10-5-6-12-25(23)29/h5-19,30-31,35H,1-4H3,(H,34,40). The molecule has 2 aromatic heterocycles. The molecule has 0 bridgehead atoms. The fourth-order valence-corrected chi connectivity index (χ4v) is 6.90. The molecule has 0 radical (unpaired) electrons. The number of anilines is 2. The molecule has 41 heavy (non-hydrogen) atoms. The second-order valence-electron chi connectivity index (χ2n) is 10.5. The summed E-state index contributed by atoms with van der Waals surface area (Å²) in [6.45, 7) is 6.18. The van der Waals surface area contributed by atoms with Crippen molar-refractivity contribution in [3.63, 3.8) is 0 Å². The minimum Gasteiger partial charge on any atom is -0.351 e. The molecule has 0 amide bonds. The molecule has 2 unspecified atom stereocenters. The molecule has 3 aromatic carbocycles. The van der Waals surface area contributed by atoms with Crippen LogP contribution >= 0.6 is 12.2 Å². The highest BCUT2D eigenvalue weighted by Crippen LogP contribution is 2.44. The molecule has 1 saturated heterocycles. The Labute approximate surface area is 245 Å². The van der Waals surface area contributed by atoms with E-state index < -0.39 is 10.0 Å². The summed E-state index contributed by atoms with van der Waals surface area (Å²) in [4.78, 5) is 6.82. The third kappa shape index (κ3) is 4.96. The number of pyridine rings is 1. The van der Waals surface area contributed by atoms with Gasteiger partial charge >= 0.3 is 0 Å². The number of hydrogen-bond donors (Lipinski definition) is 2. The first-order valence-electron chi connectivity index (χ1n) is 13.4. The summed E-state index contributed by atoms with van der Waals surface area (Å²) < 4.78 is 28.7. The van der Waals surface area contributed by atoms with Crippen LogP contribution in [-0.2, 0) is 10.0 Å². The van der Waals surface area contributed by atoms with E-state index in [0.29, 0.717) is 10.8 Å². The van der Waals surface area contributed by atoms with Gasteiger partial charge in [-0.2, -0.15) is 0 Å². The Balaban J connectivity index is 1.51. The first-order valence-corrected chi connectivity index (χ1v) is 15.7. The summed E-state index contributed by atoms with van der Waals surface area (Å²) in [5, 5.41) is 6.50. The van der Waals surface area contributed by atoms with Crippen molar-refractivity contribution in [3.05, 3.63) is 119 Å². The molecule has 6 rings (SSSR count). The highest BCUT2D eigenvalue weighted by molar-refractivity contribution is 7.92. The molecule has 1 aliphatic heterocycles. The summed E-state index contributed by atoms with van der Waals surface area (Å²) in [6.07, 6.45) is 2.95. The molecule has 5 aromatic rings. The predicted octanol–water partition coefficient (Wildman–Crippen LogP) is 6.50. The van der Waals surface area contributed by atoms with Crippen LogP contribution in [-0.4, -0.2) is 29.3 Å². The predicted molar refractivity (Wildman–Crippen MR) is 170 cm³/mol. The van der Waals surface area contributed by atoms with Gasteiger partial charge in [0.25, 0.3) is 0 Å². The van der Waals surface area contributed by atoms with Gasteiger partial charge in [-0.3, -0.25) is 9.71 Å². The van der Waals surface area contributed by atoms with Crippen molar-refractivity contribution in [2.24, 2.45) is 0 Å². The maximum absolute atomic E-state index is 11.9. The Morgan fingerprint density at radius 2 is 1.68 bits per heavy atom. The number of sulfonamides is 1. The second kappa shape index (κ2) is 10.3. The van der Waals surface area contributed by atoms with Crippen molar-refractivity contribution in [2.75, 3.05) is 15.9 Å². The van der Waals surface area contributed by atoms with Crippen LogP contribution in [0.5, 0.6) is 0 Å².